The van der Waals surface area contributed by atoms with Crippen LogP contribution >= 0.6 is 0 Å². The van der Waals surface area contributed by atoms with E-state index in [1.807, 2.05) is 12.3 Å². The van der Waals surface area contributed by atoms with E-state index >= 15 is 0 Å². The maximum atomic E-state index is 7.24. The fourth-order valence-electron chi connectivity index (χ4n) is 13.3. The SMILES string of the molecule is CC(C)(C)c1cc(-c2ccccc2)cc(-c2cccc3c4ccccc4c4ccccc4c4cccc5c4n(c23)[CH-]N5c2[c-]c(Oc3[c-]c4c(c(-n5c6ccccc6c6ccccc65)c3)c3ccccc3n4-c3cc(C(C)(C)C)ccn3)ccc2)c1.[Pt]. The summed E-state index contributed by atoms with van der Waals surface area (Å²) >= 11 is 0. The van der Waals surface area contributed by atoms with Gasteiger partial charge in [-0.1, -0.05) is 234 Å². The van der Waals surface area contributed by atoms with Gasteiger partial charge in [-0.15, -0.1) is 30.3 Å². The molecule has 6 nitrogen and oxygen atoms in total. The van der Waals surface area contributed by atoms with Crippen LogP contribution in [0.1, 0.15) is 52.7 Å². The van der Waals surface area contributed by atoms with E-state index in [2.05, 4.69) is 316 Å². The molecule has 0 amide bonds. The van der Waals surface area contributed by atoms with Crippen LogP contribution in [-0.2, 0) is 31.9 Å². The van der Waals surface area contributed by atoms with Crippen LogP contribution in [0.3, 0.4) is 0 Å². The fraction of sp³-hybridized carbons (Fsp3) is 0.100. The average Bonchev–Trinajstić information content (AvgIpc) is 1.61. The number of hydrogen-bond donors (Lipinski definition) is 0. The van der Waals surface area contributed by atoms with Crippen LogP contribution < -0.4 is 9.64 Å². The second-order valence-electron chi connectivity index (χ2n) is 24.9. The van der Waals surface area contributed by atoms with Gasteiger partial charge in [0, 0.05) is 60.7 Å². The zero-order chi connectivity index (χ0) is 58.0. The van der Waals surface area contributed by atoms with E-state index < -0.39 is 0 Å². The standard InChI is InChI=1S/C80H60N5O.Pt/c1-79(2,3)54-41-42-81-75(46-54)85-71-39-19-16-33-68(71)76-73(84-69-37-17-14-31-64(69)65-32-15-18-38-70(65)84)48-58(49-74(76)85)86-57-26-20-25-56(47-57)82-50-83-77-59(53-43-52(51-23-8-7-9-24-51)44-55(45-53)80(4,5)6)34-21-35-66(77)62-29-12-10-27-60(62)61-28-11-13-30-63(61)67-36-22-40-72(82)78(67)83;/h7-46,48,50H,1-6H3;/q-3;. The molecule has 424 valence electrons. The number of aromatic nitrogens is 4. The molecule has 7 heteroatoms. The van der Waals surface area contributed by atoms with E-state index in [0.717, 1.165) is 94.0 Å². The van der Waals surface area contributed by atoms with Crippen molar-refractivity contribution in [2.75, 3.05) is 4.90 Å². The molecule has 0 saturated carbocycles. The van der Waals surface area contributed by atoms with Crippen molar-refractivity contribution >= 4 is 98.3 Å². The van der Waals surface area contributed by atoms with Crippen molar-refractivity contribution in [3.63, 3.8) is 0 Å². The fourth-order valence-corrected chi connectivity index (χ4v) is 13.3. The molecule has 4 aromatic heterocycles. The zero-order valence-corrected chi connectivity index (χ0v) is 51.5. The third-order valence-corrected chi connectivity index (χ3v) is 17.5. The van der Waals surface area contributed by atoms with E-state index in [1.54, 1.807) is 0 Å². The summed E-state index contributed by atoms with van der Waals surface area (Å²) in [5, 5.41) is 11.5. The molecule has 0 aliphatic carbocycles. The second-order valence-corrected chi connectivity index (χ2v) is 24.9. The van der Waals surface area contributed by atoms with E-state index in [4.69, 9.17) is 9.72 Å². The van der Waals surface area contributed by atoms with Crippen molar-refractivity contribution in [3.8, 4) is 45.3 Å². The third-order valence-electron chi connectivity index (χ3n) is 17.5. The number of rotatable bonds is 7. The summed E-state index contributed by atoms with van der Waals surface area (Å²) in [6.45, 7) is 15.9. The summed E-state index contributed by atoms with van der Waals surface area (Å²) in [5.41, 5.74) is 16.0. The molecule has 0 spiro atoms. The first-order valence-corrected chi connectivity index (χ1v) is 29.7. The van der Waals surface area contributed by atoms with Gasteiger partial charge >= 0.3 is 0 Å². The molecular weight excluding hydrogens is 1240 g/mol. The Morgan fingerprint density at radius 3 is 1.60 bits per heavy atom. The Bertz CT molecular complexity index is 5290. The molecule has 87 heavy (non-hydrogen) atoms. The van der Waals surface area contributed by atoms with E-state index in [1.165, 1.54) is 49.2 Å². The number of pyridine rings is 1. The molecule has 1 aliphatic rings. The molecule has 5 heterocycles. The normalized spacial score (nSPS) is 12.5. The summed E-state index contributed by atoms with van der Waals surface area (Å²) < 4.78 is 14.3. The zero-order valence-electron chi connectivity index (χ0n) is 49.2. The summed E-state index contributed by atoms with van der Waals surface area (Å²) in [6, 6.07) is 95.7. The van der Waals surface area contributed by atoms with Gasteiger partial charge < -0.3 is 23.3 Å². The van der Waals surface area contributed by atoms with Gasteiger partial charge in [0.05, 0.1) is 11.0 Å². The summed E-state index contributed by atoms with van der Waals surface area (Å²) in [7, 11) is 0. The Labute approximate surface area is 520 Å². The summed E-state index contributed by atoms with van der Waals surface area (Å²) in [5.74, 6) is 1.93. The number of hydrogen-bond acceptors (Lipinski definition) is 3. The Balaban J connectivity index is 0.00000638. The predicted octanol–water partition coefficient (Wildman–Crippen LogP) is 21.3. The minimum Gasteiger partial charge on any atom is -0.509 e. The van der Waals surface area contributed by atoms with Crippen molar-refractivity contribution in [3.05, 3.63) is 279 Å². The van der Waals surface area contributed by atoms with Gasteiger partial charge in [0.15, 0.2) is 0 Å². The van der Waals surface area contributed by atoms with Crippen molar-refractivity contribution in [1.29, 1.82) is 0 Å². The Morgan fingerprint density at radius 2 is 0.943 bits per heavy atom. The van der Waals surface area contributed by atoms with Crippen LogP contribution in [0, 0.1) is 18.8 Å². The smallest absolute Gasteiger partial charge is 0.135 e. The summed E-state index contributed by atoms with van der Waals surface area (Å²) in [6.07, 6.45) is 1.93. The molecule has 16 rings (SSSR count). The van der Waals surface area contributed by atoms with E-state index in [0.29, 0.717) is 11.5 Å². The van der Waals surface area contributed by atoms with E-state index in [-0.39, 0.29) is 31.9 Å². The molecule has 0 N–H and O–H groups in total. The first-order valence-electron chi connectivity index (χ1n) is 29.7. The number of para-hydroxylation sites is 5. The molecule has 0 radical (unpaired) electrons. The number of anilines is 2. The van der Waals surface area contributed by atoms with Gasteiger partial charge in [-0.3, -0.25) is 0 Å². The first kappa shape index (κ1) is 53.8. The Kier molecular flexibility index (Phi) is 12.8. The molecular formula is C80H60N5OPt-3. The van der Waals surface area contributed by atoms with Crippen molar-refractivity contribution in [2.45, 2.75) is 52.4 Å². The molecule has 0 unspecified atom stereocenters. The van der Waals surface area contributed by atoms with Gasteiger partial charge in [0.25, 0.3) is 0 Å². The minimum absolute atomic E-state index is 0. The number of benzene rings is 11. The van der Waals surface area contributed by atoms with Crippen LogP contribution in [0.4, 0.5) is 11.4 Å². The van der Waals surface area contributed by atoms with Crippen LogP contribution in [0.25, 0.3) is 121 Å². The third kappa shape index (κ3) is 8.87. The maximum Gasteiger partial charge on any atom is 0.135 e. The van der Waals surface area contributed by atoms with Gasteiger partial charge in [-0.2, -0.15) is 6.07 Å². The molecule has 0 atom stereocenters. The quantitative estimate of drug-likeness (QED) is 0.149. The molecule has 11 aromatic carbocycles. The van der Waals surface area contributed by atoms with Gasteiger partial charge in [0.2, 0.25) is 0 Å². The van der Waals surface area contributed by atoms with Gasteiger partial charge in [-0.05, 0) is 148 Å². The van der Waals surface area contributed by atoms with Crippen LogP contribution in [0.15, 0.2) is 249 Å². The average molecular weight is 1300 g/mol. The van der Waals surface area contributed by atoms with Gasteiger partial charge in [-0.25, -0.2) is 4.98 Å². The Hall–Kier alpha value is -9.87. The molecule has 1 aliphatic heterocycles. The minimum atomic E-state index is -0.114. The van der Waals surface area contributed by atoms with Crippen LogP contribution in [-0.4, -0.2) is 18.7 Å². The number of nitrogens with zero attached hydrogens (tertiary/aromatic N) is 5. The Morgan fingerprint density at radius 1 is 0.402 bits per heavy atom. The van der Waals surface area contributed by atoms with E-state index in [9.17, 15) is 0 Å². The topological polar surface area (TPSA) is 40.1 Å². The molecule has 0 fully saturated rings. The van der Waals surface area contributed by atoms with Crippen molar-refractivity contribution in [1.82, 2.24) is 18.7 Å². The monoisotopic (exact) mass is 1300 g/mol. The van der Waals surface area contributed by atoms with Crippen molar-refractivity contribution in [2.24, 2.45) is 0 Å². The van der Waals surface area contributed by atoms with Crippen molar-refractivity contribution < 1.29 is 25.8 Å². The second kappa shape index (κ2) is 20.7. The largest absolute Gasteiger partial charge is 0.509 e. The molecule has 0 saturated heterocycles. The number of ether oxygens (including phenoxy) is 1. The van der Waals surface area contributed by atoms with Gasteiger partial charge in [0.1, 0.15) is 5.82 Å². The first-order chi connectivity index (χ1) is 41.9. The molecule has 0 bridgehead atoms. The number of fused-ring (bicyclic) bond motifs is 13. The van der Waals surface area contributed by atoms with Crippen LogP contribution in [0.5, 0.6) is 11.5 Å². The predicted molar refractivity (Wildman–Crippen MR) is 359 cm³/mol. The summed E-state index contributed by atoms with van der Waals surface area (Å²) in [4.78, 5) is 7.37. The molecule has 15 aromatic rings. The van der Waals surface area contributed by atoms with Crippen LogP contribution in [0.2, 0.25) is 0 Å². The maximum absolute atomic E-state index is 7.24.